The zero-order chi connectivity index (χ0) is 22.1. The Morgan fingerprint density at radius 2 is 1.91 bits per heavy atom. The first-order valence-corrected chi connectivity index (χ1v) is 11.1. The third kappa shape index (κ3) is 4.13. The lowest BCUT2D eigenvalue weighted by Crippen LogP contribution is -2.50. The molecule has 1 aliphatic carbocycles. The van der Waals surface area contributed by atoms with Gasteiger partial charge in [-0.3, -0.25) is 15.1 Å². The molecule has 7 nitrogen and oxygen atoms in total. The number of amides is 1. The third-order valence-electron chi connectivity index (χ3n) is 6.15. The molecule has 3 heterocycles. The van der Waals surface area contributed by atoms with Gasteiger partial charge in [-0.1, -0.05) is 23.7 Å². The van der Waals surface area contributed by atoms with Gasteiger partial charge in [0.15, 0.2) is 0 Å². The van der Waals surface area contributed by atoms with E-state index in [1.165, 1.54) is 29.1 Å². The fourth-order valence-corrected chi connectivity index (χ4v) is 4.78. The highest BCUT2D eigenvalue weighted by atomic mass is 35.5. The van der Waals surface area contributed by atoms with Crippen molar-refractivity contribution in [2.45, 2.75) is 18.9 Å². The Hall–Kier alpha value is -3.16. The average molecular weight is 452 g/mol. The SMILES string of the molecule is O=C(Oc1ccc[n+](O)c1)N1CCN(C2c3ccc(Cl)cc3CCc3cccnc32)CC1. The minimum atomic E-state index is -0.414. The van der Waals surface area contributed by atoms with Crippen molar-refractivity contribution in [2.24, 2.45) is 0 Å². The lowest BCUT2D eigenvalue weighted by atomic mass is 9.96. The van der Waals surface area contributed by atoms with Crippen molar-refractivity contribution in [3.05, 3.63) is 88.5 Å². The number of halogens is 1. The number of pyridine rings is 2. The van der Waals surface area contributed by atoms with Gasteiger partial charge in [0.2, 0.25) is 11.9 Å². The largest absolute Gasteiger partial charge is 0.415 e. The Balaban J connectivity index is 1.36. The van der Waals surface area contributed by atoms with Crippen molar-refractivity contribution in [3.63, 3.8) is 0 Å². The van der Waals surface area contributed by atoms with Gasteiger partial charge in [-0.2, -0.15) is 0 Å². The third-order valence-corrected chi connectivity index (χ3v) is 6.39. The number of rotatable bonds is 2. The molecule has 1 N–H and O–H groups in total. The molecule has 1 amide bonds. The smallest absolute Gasteiger partial charge is 0.404 e. The molecule has 32 heavy (non-hydrogen) atoms. The molecule has 164 valence electrons. The first-order valence-electron chi connectivity index (χ1n) is 10.7. The van der Waals surface area contributed by atoms with E-state index in [4.69, 9.17) is 21.3 Å². The summed E-state index contributed by atoms with van der Waals surface area (Å²) in [6.07, 6.45) is 6.11. The van der Waals surface area contributed by atoms with Crippen LogP contribution in [0.2, 0.25) is 5.02 Å². The van der Waals surface area contributed by atoms with Crippen molar-refractivity contribution in [1.82, 2.24) is 14.8 Å². The normalized spacial score (nSPS) is 18.4. The first kappa shape index (κ1) is 20.7. The van der Waals surface area contributed by atoms with Crippen LogP contribution in [0.25, 0.3) is 0 Å². The number of benzene rings is 1. The summed E-state index contributed by atoms with van der Waals surface area (Å²) in [4.78, 5) is 21.5. The Morgan fingerprint density at radius 3 is 2.72 bits per heavy atom. The number of carbonyl (C=O) groups excluding carboxylic acids is 1. The Kier molecular flexibility index (Phi) is 5.68. The van der Waals surface area contributed by atoms with E-state index in [1.54, 1.807) is 17.0 Å². The van der Waals surface area contributed by atoms with Gasteiger partial charge in [0, 0.05) is 48.2 Å². The second kappa shape index (κ2) is 8.76. The van der Waals surface area contributed by atoms with E-state index in [9.17, 15) is 10.0 Å². The molecule has 0 radical (unpaired) electrons. The molecule has 1 fully saturated rings. The van der Waals surface area contributed by atoms with Gasteiger partial charge < -0.3 is 9.64 Å². The maximum atomic E-state index is 12.6. The van der Waals surface area contributed by atoms with E-state index < -0.39 is 6.09 Å². The first-order chi connectivity index (χ1) is 15.6. The van der Waals surface area contributed by atoms with Crippen LogP contribution in [0.1, 0.15) is 28.4 Å². The fraction of sp³-hybridized carbons (Fsp3) is 0.292. The van der Waals surface area contributed by atoms with E-state index in [0.29, 0.717) is 31.9 Å². The molecule has 2 aromatic heterocycles. The topological polar surface area (TPSA) is 69.8 Å². The maximum absolute atomic E-state index is 12.6. The molecule has 2 aliphatic rings. The van der Waals surface area contributed by atoms with Gasteiger partial charge in [-0.15, -0.1) is 0 Å². The van der Waals surface area contributed by atoms with Gasteiger partial charge in [0.25, 0.3) is 6.20 Å². The van der Waals surface area contributed by atoms with Crippen LogP contribution in [0.5, 0.6) is 5.75 Å². The van der Waals surface area contributed by atoms with Crippen LogP contribution in [0, 0.1) is 0 Å². The molecule has 1 saturated heterocycles. The summed E-state index contributed by atoms with van der Waals surface area (Å²) in [6.45, 7) is 2.50. The summed E-state index contributed by atoms with van der Waals surface area (Å²) in [5.41, 5.74) is 4.83. The highest BCUT2D eigenvalue weighted by Gasteiger charge is 2.33. The number of aryl methyl sites for hydroxylation is 2. The van der Waals surface area contributed by atoms with Crippen LogP contribution >= 0.6 is 11.6 Å². The van der Waals surface area contributed by atoms with Crippen molar-refractivity contribution in [2.75, 3.05) is 26.2 Å². The van der Waals surface area contributed by atoms with E-state index in [2.05, 4.69) is 23.1 Å². The number of ether oxygens (including phenoxy) is 1. The molecule has 5 rings (SSSR count). The molecular weight excluding hydrogens is 428 g/mol. The van der Waals surface area contributed by atoms with Crippen LogP contribution in [-0.2, 0) is 12.8 Å². The van der Waals surface area contributed by atoms with Crippen LogP contribution in [0.15, 0.2) is 61.1 Å². The highest BCUT2D eigenvalue weighted by molar-refractivity contribution is 6.30. The maximum Gasteiger partial charge on any atom is 0.415 e. The number of hydrogen-bond donors (Lipinski definition) is 1. The minimum absolute atomic E-state index is 0.0293. The Bertz CT molecular complexity index is 1150. The van der Waals surface area contributed by atoms with E-state index in [1.807, 2.05) is 18.3 Å². The molecule has 1 aromatic carbocycles. The summed E-state index contributed by atoms with van der Waals surface area (Å²) >= 11 is 6.30. The zero-order valence-electron chi connectivity index (χ0n) is 17.5. The van der Waals surface area contributed by atoms with Gasteiger partial charge in [0.05, 0.1) is 11.7 Å². The minimum Gasteiger partial charge on any atom is -0.404 e. The quantitative estimate of drug-likeness (QED) is 0.478. The number of piperazine rings is 1. The van der Waals surface area contributed by atoms with Crippen LogP contribution in [-0.4, -0.2) is 52.3 Å². The molecular formula is C24H24ClN4O3+. The van der Waals surface area contributed by atoms with Gasteiger partial charge in [-0.05, 0) is 53.8 Å². The van der Waals surface area contributed by atoms with E-state index in [-0.39, 0.29) is 6.04 Å². The van der Waals surface area contributed by atoms with Crippen LogP contribution in [0.3, 0.4) is 0 Å². The van der Waals surface area contributed by atoms with Gasteiger partial charge in [-0.25, -0.2) is 4.79 Å². The average Bonchev–Trinajstić information content (AvgIpc) is 2.96. The van der Waals surface area contributed by atoms with Crippen molar-refractivity contribution in [1.29, 1.82) is 0 Å². The number of hydrogen-bond acceptors (Lipinski definition) is 5. The van der Waals surface area contributed by atoms with Crippen molar-refractivity contribution < 1.29 is 19.5 Å². The molecule has 0 saturated carbocycles. The summed E-state index contributed by atoms with van der Waals surface area (Å²) in [5.74, 6) is 0.301. The van der Waals surface area contributed by atoms with Crippen molar-refractivity contribution >= 4 is 17.7 Å². The highest BCUT2D eigenvalue weighted by Crippen LogP contribution is 2.37. The second-order valence-electron chi connectivity index (χ2n) is 8.10. The molecule has 0 spiro atoms. The molecule has 3 aromatic rings. The van der Waals surface area contributed by atoms with Crippen molar-refractivity contribution in [3.8, 4) is 5.75 Å². The molecule has 8 heteroatoms. The molecule has 0 bridgehead atoms. The van der Waals surface area contributed by atoms with Crippen LogP contribution in [0.4, 0.5) is 4.79 Å². The number of carbonyl (C=O) groups is 1. The number of fused-ring (bicyclic) bond motifs is 2. The Labute approximate surface area is 191 Å². The standard InChI is InChI=1S/C24H24ClN4O3/c25-19-7-8-21-18(15-19)6-5-17-3-1-9-26-22(17)23(21)27-11-13-28(14-12-27)24(30)32-20-4-2-10-29(31)16-20/h1-4,7-10,15-16,23,31H,5-6,11-14H2/q+1. The summed E-state index contributed by atoms with van der Waals surface area (Å²) in [5, 5.41) is 10.3. The lowest BCUT2D eigenvalue weighted by Gasteiger charge is -2.39. The second-order valence-corrected chi connectivity index (χ2v) is 8.54. The number of aromatic nitrogens is 2. The number of nitrogens with zero attached hydrogens (tertiary/aromatic N) is 4. The van der Waals surface area contributed by atoms with Gasteiger partial charge >= 0.3 is 6.09 Å². The molecule has 1 atom stereocenters. The predicted molar refractivity (Wildman–Crippen MR) is 118 cm³/mol. The summed E-state index contributed by atoms with van der Waals surface area (Å²) in [7, 11) is 0. The lowest BCUT2D eigenvalue weighted by molar-refractivity contribution is -0.904. The summed E-state index contributed by atoms with van der Waals surface area (Å²) in [6, 6.07) is 13.6. The van der Waals surface area contributed by atoms with E-state index in [0.717, 1.165) is 28.3 Å². The van der Waals surface area contributed by atoms with Crippen LogP contribution < -0.4 is 9.47 Å². The monoisotopic (exact) mass is 451 g/mol. The zero-order valence-corrected chi connectivity index (χ0v) is 18.3. The van der Waals surface area contributed by atoms with E-state index >= 15 is 0 Å². The fourth-order valence-electron chi connectivity index (χ4n) is 4.58. The molecule has 1 unspecified atom stereocenters. The van der Waals surface area contributed by atoms with Gasteiger partial charge in [0.1, 0.15) is 0 Å². The summed E-state index contributed by atoms with van der Waals surface area (Å²) < 4.78 is 6.28. The predicted octanol–water partition coefficient (Wildman–Crippen LogP) is 3.26. The Morgan fingerprint density at radius 1 is 1.09 bits per heavy atom. The molecule has 1 aliphatic heterocycles.